The minimum absolute atomic E-state index is 0.176. The van der Waals surface area contributed by atoms with E-state index >= 15 is 0 Å². The van der Waals surface area contributed by atoms with Gasteiger partial charge >= 0.3 is 5.97 Å². The van der Waals surface area contributed by atoms with Crippen molar-refractivity contribution >= 4 is 11.9 Å². The van der Waals surface area contributed by atoms with Gasteiger partial charge in [-0.3, -0.25) is 4.79 Å². The van der Waals surface area contributed by atoms with Crippen molar-refractivity contribution in [1.29, 1.82) is 0 Å². The van der Waals surface area contributed by atoms with Crippen LogP contribution in [0.25, 0.3) is 0 Å². The summed E-state index contributed by atoms with van der Waals surface area (Å²) in [5, 5.41) is 0. The normalized spacial score (nSPS) is 13.2. The van der Waals surface area contributed by atoms with E-state index < -0.39 is 5.97 Å². The van der Waals surface area contributed by atoms with Gasteiger partial charge in [0.15, 0.2) is 6.61 Å². The fourth-order valence-electron chi connectivity index (χ4n) is 2.99. The number of carbonyl (C=O) groups excluding carboxylic acids is 2. The monoisotopic (exact) mass is 367 g/mol. The first kappa shape index (κ1) is 19.0. The smallest absolute Gasteiger partial charge is 0.338 e. The number of esters is 1. The number of rotatable bonds is 6. The zero-order valence-corrected chi connectivity index (χ0v) is 15.8. The summed E-state index contributed by atoms with van der Waals surface area (Å²) in [6, 6.07) is 15.0. The molecule has 0 radical (unpaired) electrons. The number of hydrogen-bond acceptors (Lipinski definition) is 4. The third-order valence-corrected chi connectivity index (χ3v) is 4.46. The number of carbonyl (C=O) groups is 2. The summed E-state index contributed by atoms with van der Waals surface area (Å²) >= 11 is 0. The van der Waals surface area contributed by atoms with Gasteiger partial charge in [-0.05, 0) is 41.7 Å². The highest BCUT2D eigenvalue weighted by Crippen LogP contribution is 2.19. The van der Waals surface area contributed by atoms with Gasteiger partial charge < -0.3 is 14.4 Å². The predicted octanol–water partition coefficient (Wildman–Crippen LogP) is 3.46. The summed E-state index contributed by atoms with van der Waals surface area (Å²) in [6.45, 7) is 5.65. The fraction of sp³-hybridized carbons (Fsp3) is 0.364. The van der Waals surface area contributed by atoms with E-state index in [-0.39, 0.29) is 12.5 Å². The predicted molar refractivity (Wildman–Crippen MR) is 103 cm³/mol. The van der Waals surface area contributed by atoms with Crippen molar-refractivity contribution in [3.05, 3.63) is 65.2 Å². The highest BCUT2D eigenvalue weighted by atomic mass is 16.5. The van der Waals surface area contributed by atoms with E-state index in [0.717, 1.165) is 12.0 Å². The van der Waals surface area contributed by atoms with Gasteiger partial charge in [0, 0.05) is 13.1 Å². The third kappa shape index (κ3) is 5.09. The Morgan fingerprint density at radius 1 is 1.07 bits per heavy atom. The highest BCUT2D eigenvalue weighted by Gasteiger charge is 2.21. The zero-order chi connectivity index (χ0) is 19.2. The van der Waals surface area contributed by atoms with Crippen molar-refractivity contribution in [3.8, 4) is 5.75 Å². The molecule has 142 valence electrons. The first-order chi connectivity index (χ1) is 13.0. The van der Waals surface area contributed by atoms with Gasteiger partial charge in [0.1, 0.15) is 5.75 Å². The Labute approximate surface area is 159 Å². The number of fused-ring (bicyclic) bond motifs is 1. The van der Waals surface area contributed by atoms with Gasteiger partial charge in [0.05, 0.1) is 12.2 Å². The first-order valence-corrected chi connectivity index (χ1v) is 9.27. The number of hydrogen-bond donors (Lipinski definition) is 0. The van der Waals surface area contributed by atoms with Gasteiger partial charge in [-0.15, -0.1) is 0 Å². The molecule has 27 heavy (non-hydrogen) atoms. The van der Waals surface area contributed by atoms with Gasteiger partial charge in [-0.25, -0.2) is 4.79 Å². The molecule has 1 aliphatic rings. The molecule has 3 rings (SSSR count). The number of benzene rings is 2. The molecule has 5 heteroatoms. The van der Waals surface area contributed by atoms with Gasteiger partial charge in [0.25, 0.3) is 5.91 Å². The molecule has 0 atom stereocenters. The van der Waals surface area contributed by atoms with Crippen LogP contribution < -0.4 is 4.74 Å². The van der Waals surface area contributed by atoms with Crippen LogP contribution in [0.5, 0.6) is 5.75 Å². The standard InChI is InChI=1S/C22H25NO4/c1-16(2)14-26-20-9-5-8-18(12-20)22(25)27-15-21(24)23-11-10-17-6-3-4-7-19(17)13-23/h3-9,12,16H,10-11,13-15H2,1-2H3. The lowest BCUT2D eigenvalue weighted by Crippen LogP contribution is -2.38. The fourth-order valence-corrected chi connectivity index (χ4v) is 2.99. The van der Waals surface area contributed by atoms with Crippen molar-refractivity contribution in [3.63, 3.8) is 0 Å². The maximum atomic E-state index is 12.4. The van der Waals surface area contributed by atoms with Crippen molar-refractivity contribution < 1.29 is 19.1 Å². The topological polar surface area (TPSA) is 55.8 Å². The molecular formula is C22H25NO4. The molecule has 0 spiro atoms. The average molecular weight is 367 g/mol. The van der Waals surface area contributed by atoms with E-state index in [0.29, 0.717) is 36.9 Å². The van der Waals surface area contributed by atoms with E-state index in [4.69, 9.17) is 9.47 Å². The quantitative estimate of drug-likeness (QED) is 0.734. The Balaban J connectivity index is 1.53. The number of amides is 1. The molecule has 0 fully saturated rings. The Morgan fingerprint density at radius 2 is 1.85 bits per heavy atom. The molecule has 2 aromatic rings. The largest absolute Gasteiger partial charge is 0.493 e. The van der Waals surface area contributed by atoms with E-state index in [1.54, 1.807) is 29.2 Å². The van der Waals surface area contributed by atoms with Crippen LogP contribution in [-0.4, -0.2) is 36.5 Å². The lowest BCUT2D eigenvalue weighted by Gasteiger charge is -2.28. The van der Waals surface area contributed by atoms with E-state index in [9.17, 15) is 9.59 Å². The van der Waals surface area contributed by atoms with E-state index in [1.165, 1.54) is 5.56 Å². The Bertz CT molecular complexity index is 815. The van der Waals surface area contributed by atoms with E-state index in [1.807, 2.05) is 18.2 Å². The minimum Gasteiger partial charge on any atom is -0.493 e. The second-order valence-corrected chi connectivity index (χ2v) is 7.14. The molecule has 0 bridgehead atoms. The third-order valence-electron chi connectivity index (χ3n) is 4.46. The second-order valence-electron chi connectivity index (χ2n) is 7.14. The van der Waals surface area contributed by atoms with Crippen molar-refractivity contribution in [1.82, 2.24) is 4.90 Å². The van der Waals surface area contributed by atoms with Crippen LogP contribution in [0.4, 0.5) is 0 Å². The molecule has 5 nitrogen and oxygen atoms in total. The SMILES string of the molecule is CC(C)COc1cccc(C(=O)OCC(=O)N2CCc3ccccc3C2)c1. The van der Waals surface area contributed by atoms with Crippen LogP contribution in [0.3, 0.4) is 0 Å². The van der Waals surface area contributed by atoms with Crippen LogP contribution in [-0.2, 0) is 22.5 Å². The molecule has 0 aromatic heterocycles. The molecule has 0 aliphatic carbocycles. The average Bonchev–Trinajstić information content (AvgIpc) is 2.70. The maximum absolute atomic E-state index is 12.4. The van der Waals surface area contributed by atoms with Crippen molar-refractivity contribution in [2.45, 2.75) is 26.8 Å². The van der Waals surface area contributed by atoms with Crippen LogP contribution in [0.1, 0.15) is 35.3 Å². The van der Waals surface area contributed by atoms with Gasteiger partial charge in [0.2, 0.25) is 0 Å². The molecule has 0 unspecified atom stereocenters. The van der Waals surface area contributed by atoms with Crippen LogP contribution in [0.15, 0.2) is 48.5 Å². The van der Waals surface area contributed by atoms with Crippen LogP contribution in [0, 0.1) is 5.92 Å². The summed E-state index contributed by atoms with van der Waals surface area (Å²) in [7, 11) is 0. The molecule has 1 amide bonds. The summed E-state index contributed by atoms with van der Waals surface area (Å²) in [6.07, 6.45) is 0.824. The Hall–Kier alpha value is -2.82. The van der Waals surface area contributed by atoms with Crippen molar-refractivity contribution in [2.75, 3.05) is 19.8 Å². The molecule has 0 saturated carbocycles. The molecule has 1 aliphatic heterocycles. The lowest BCUT2D eigenvalue weighted by molar-refractivity contribution is -0.135. The van der Waals surface area contributed by atoms with Crippen molar-refractivity contribution in [2.24, 2.45) is 5.92 Å². The summed E-state index contributed by atoms with van der Waals surface area (Å²) in [5.41, 5.74) is 2.81. The van der Waals surface area contributed by atoms with Crippen LogP contribution >= 0.6 is 0 Å². The highest BCUT2D eigenvalue weighted by molar-refractivity contribution is 5.91. The zero-order valence-electron chi connectivity index (χ0n) is 15.8. The molecule has 1 heterocycles. The lowest BCUT2D eigenvalue weighted by atomic mass is 10.00. The Kier molecular flexibility index (Phi) is 6.12. The molecular weight excluding hydrogens is 342 g/mol. The minimum atomic E-state index is -0.518. The summed E-state index contributed by atoms with van der Waals surface area (Å²) in [4.78, 5) is 26.4. The Morgan fingerprint density at radius 3 is 2.63 bits per heavy atom. The molecule has 0 saturated heterocycles. The first-order valence-electron chi connectivity index (χ1n) is 9.27. The summed E-state index contributed by atoms with van der Waals surface area (Å²) < 4.78 is 10.9. The second kappa shape index (κ2) is 8.71. The number of nitrogens with zero attached hydrogens (tertiary/aromatic N) is 1. The van der Waals surface area contributed by atoms with E-state index in [2.05, 4.69) is 19.9 Å². The molecule has 0 N–H and O–H groups in total. The number of ether oxygens (including phenoxy) is 2. The molecule has 2 aromatic carbocycles. The van der Waals surface area contributed by atoms with Crippen LogP contribution in [0.2, 0.25) is 0 Å². The summed E-state index contributed by atoms with van der Waals surface area (Å²) in [5.74, 6) is 0.325. The van der Waals surface area contributed by atoms with Gasteiger partial charge in [-0.1, -0.05) is 44.2 Å². The van der Waals surface area contributed by atoms with Gasteiger partial charge in [-0.2, -0.15) is 0 Å². The maximum Gasteiger partial charge on any atom is 0.338 e.